The molecule has 9 nitrogen and oxygen atoms in total. The molecular formula is C22H19FN6O3S. The summed E-state index contributed by atoms with van der Waals surface area (Å²) in [5.41, 5.74) is 1.12. The zero-order valence-electron chi connectivity index (χ0n) is 17.2. The standard InChI is InChI=1S/C22H19FN6O3S/c23-14-5-3-4-13(10-14)11-25-21(32)27-22-26-15(12-33-22)8-9-24-20(31)18-16-6-1-2-7-17(16)19(30)29-28-18/h1-7,10,12H,8-9,11H2,(H,24,31)(H,29,30)(H2,25,26,27,32). The van der Waals surface area contributed by atoms with E-state index < -0.39 is 11.9 Å². The first-order valence-electron chi connectivity index (χ1n) is 9.99. The van der Waals surface area contributed by atoms with Crippen molar-refractivity contribution in [3.05, 3.63) is 87.0 Å². The molecule has 0 aliphatic carbocycles. The number of thiazole rings is 1. The van der Waals surface area contributed by atoms with E-state index in [1.165, 1.54) is 23.5 Å². The molecule has 0 bridgehead atoms. The van der Waals surface area contributed by atoms with Gasteiger partial charge in [-0.25, -0.2) is 19.3 Å². The van der Waals surface area contributed by atoms with Gasteiger partial charge in [-0.1, -0.05) is 30.3 Å². The van der Waals surface area contributed by atoms with E-state index in [0.717, 1.165) is 0 Å². The quantitative estimate of drug-likeness (QED) is 0.333. The van der Waals surface area contributed by atoms with Crippen molar-refractivity contribution in [1.29, 1.82) is 0 Å². The van der Waals surface area contributed by atoms with Crippen molar-refractivity contribution >= 4 is 39.2 Å². The number of halogens is 1. The molecule has 0 radical (unpaired) electrons. The molecule has 2 aromatic heterocycles. The Morgan fingerprint density at radius 3 is 2.70 bits per heavy atom. The average Bonchev–Trinajstić information content (AvgIpc) is 3.25. The third kappa shape index (κ3) is 5.57. The van der Waals surface area contributed by atoms with E-state index in [-0.39, 0.29) is 23.6 Å². The smallest absolute Gasteiger partial charge is 0.321 e. The van der Waals surface area contributed by atoms with Gasteiger partial charge in [-0.15, -0.1) is 11.3 Å². The normalized spacial score (nSPS) is 10.7. The van der Waals surface area contributed by atoms with E-state index in [0.29, 0.717) is 40.1 Å². The third-order valence-electron chi connectivity index (χ3n) is 4.69. The molecule has 4 N–H and O–H groups in total. The number of nitrogens with zero attached hydrogens (tertiary/aromatic N) is 2. The highest BCUT2D eigenvalue weighted by atomic mass is 32.1. The van der Waals surface area contributed by atoms with Gasteiger partial charge in [0.05, 0.1) is 11.1 Å². The Morgan fingerprint density at radius 1 is 1.06 bits per heavy atom. The molecule has 4 rings (SSSR count). The summed E-state index contributed by atoms with van der Waals surface area (Å²) >= 11 is 1.25. The molecule has 0 fully saturated rings. The summed E-state index contributed by atoms with van der Waals surface area (Å²) in [6.07, 6.45) is 0.441. The molecular weight excluding hydrogens is 447 g/mol. The van der Waals surface area contributed by atoms with Crippen LogP contribution in [-0.4, -0.2) is 33.7 Å². The lowest BCUT2D eigenvalue weighted by molar-refractivity contribution is 0.0950. The van der Waals surface area contributed by atoms with Crippen LogP contribution in [0.25, 0.3) is 10.8 Å². The van der Waals surface area contributed by atoms with Gasteiger partial charge in [0, 0.05) is 30.3 Å². The fourth-order valence-electron chi connectivity index (χ4n) is 3.13. The molecule has 2 aromatic carbocycles. The number of aromatic amines is 1. The lowest BCUT2D eigenvalue weighted by Gasteiger charge is -2.06. The molecule has 0 saturated carbocycles. The van der Waals surface area contributed by atoms with Crippen molar-refractivity contribution in [1.82, 2.24) is 25.8 Å². The Bertz CT molecular complexity index is 1370. The number of hydrogen-bond acceptors (Lipinski definition) is 6. The first kappa shape index (κ1) is 22.1. The maximum absolute atomic E-state index is 13.2. The fourth-order valence-corrected chi connectivity index (χ4v) is 3.87. The molecule has 11 heteroatoms. The van der Waals surface area contributed by atoms with Gasteiger partial charge in [-0.3, -0.25) is 14.9 Å². The number of carbonyl (C=O) groups is 2. The maximum Gasteiger partial charge on any atom is 0.321 e. The third-order valence-corrected chi connectivity index (χ3v) is 5.50. The van der Waals surface area contributed by atoms with E-state index in [1.807, 2.05) is 0 Å². The molecule has 0 aliphatic rings. The Hall–Kier alpha value is -4.12. The number of nitrogens with one attached hydrogen (secondary N) is 4. The van der Waals surface area contributed by atoms with E-state index >= 15 is 0 Å². The molecule has 0 saturated heterocycles. The van der Waals surface area contributed by atoms with Crippen LogP contribution in [0.2, 0.25) is 0 Å². The van der Waals surface area contributed by atoms with Gasteiger partial charge in [0.15, 0.2) is 10.8 Å². The SMILES string of the molecule is O=C(NCc1cccc(F)c1)Nc1nc(CCNC(=O)c2n[nH]c(=O)c3ccccc23)cs1. The lowest BCUT2D eigenvalue weighted by atomic mass is 10.1. The second-order valence-electron chi connectivity index (χ2n) is 7.03. The Kier molecular flexibility index (Phi) is 6.69. The van der Waals surface area contributed by atoms with E-state index in [1.54, 1.807) is 41.8 Å². The van der Waals surface area contributed by atoms with Crippen LogP contribution < -0.4 is 21.5 Å². The van der Waals surface area contributed by atoms with Crippen LogP contribution in [0.1, 0.15) is 21.7 Å². The Morgan fingerprint density at radius 2 is 1.88 bits per heavy atom. The minimum absolute atomic E-state index is 0.140. The first-order chi connectivity index (χ1) is 16.0. The summed E-state index contributed by atoms with van der Waals surface area (Å²) < 4.78 is 13.2. The number of benzene rings is 2. The highest BCUT2D eigenvalue weighted by Gasteiger charge is 2.14. The molecule has 0 spiro atoms. The van der Waals surface area contributed by atoms with Crippen LogP contribution in [0.5, 0.6) is 0 Å². The van der Waals surface area contributed by atoms with Crippen LogP contribution in [0, 0.1) is 5.82 Å². The van der Waals surface area contributed by atoms with Crippen molar-refractivity contribution in [2.24, 2.45) is 0 Å². The van der Waals surface area contributed by atoms with Gasteiger partial charge in [-0.2, -0.15) is 5.10 Å². The number of H-pyrrole nitrogens is 1. The van der Waals surface area contributed by atoms with Crippen LogP contribution in [-0.2, 0) is 13.0 Å². The lowest BCUT2D eigenvalue weighted by Crippen LogP contribution is -2.28. The number of amides is 3. The van der Waals surface area contributed by atoms with Gasteiger partial charge in [-0.05, 0) is 23.8 Å². The number of fused-ring (bicyclic) bond motifs is 1. The topological polar surface area (TPSA) is 129 Å². The van der Waals surface area contributed by atoms with Crippen molar-refractivity contribution < 1.29 is 14.0 Å². The molecule has 0 atom stereocenters. The number of rotatable bonds is 7. The average molecular weight is 466 g/mol. The largest absolute Gasteiger partial charge is 0.350 e. The molecule has 2 heterocycles. The van der Waals surface area contributed by atoms with Crippen LogP contribution in [0.4, 0.5) is 14.3 Å². The fraction of sp³-hybridized carbons (Fsp3) is 0.136. The minimum Gasteiger partial charge on any atom is -0.350 e. The van der Waals surface area contributed by atoms with Crippen molar-refractivity contribution in [3.63, 3.8) is 0 Å². The number of aromatic nitrogens is 3. The number of urea groups is 1. The summed E-state index contributed by atoms with van der Waals surface area (Å²) in [4.78, 5) is 40.7. The van der Waals surface area contributed by atoms with Gasteiger partial charge in [0.2, 0.25) is 0 Å². The predicted octanol–water partition coefficient (Wildman–Crippen LogP) is 2.81. The highest BCUT2D eigenvalue weighted by molar-refractivity contribution is 7.13. The summed E-state index contributed by atoms with van der Waals surface area (Å²) in [6, 6.07) is 12.3. The van der Waals surface area contributed by atoms with E-state index in [2.05, 4.69) is 31.1 Å². The maximum atomic E-state index is 13.2. The van der Waals surface area contributed by atoms with Crippen molar-refractivity contribution in [3.8, 4) is 0 Å². The molecule has 3 amide bonds. The molecule has 168 valence electrons. The summed E-state index contributed by atoms with van der Waals surface area (Å²) in [5.74, 6) is -0.774. The molecule has 0 aliphatic heterocycles. The molecule has 4 aromatic rings. The van der Waals surface area contributed by atoms with Crippen molar-refractivity contribution in [2.75, 3.05) is 11.9 Å². The zero-order chi connectivity index (χ0) is 23.2. The van der Waals surface area contributed by atoms with Gasteiger partial charge < -0.3 is 10.6 Å². The van der Waals surface area contributed by atoms with Gasteiger partial charge in [0.25, 0.3) is 11.5 Å². The number of anilines is 1. The number of hydrogen-bond donors (Lipinski definition) is 4. The molecule has 0 unspecified atom stereocenters. The molecule has 33 heavy (non-hydrogen) atoms. The predicted molar refractivity (Wildman–Crippen MR) is 123 cm³/mol. The summed E-state index contributed by atoms with van der Waals surface area (Å²) in [6.45, 7) is 0.476. The van der Waals surface area contributed by atoms with E-state index in [4.69, 9.17) is 0 Å². The van der Waals surface area contributed by atoms with Gasteiger partial charge >= 0.3 is 6.03 Å². The van der Waals surface area contributed by atoms with Gasteiger partial charge in [0.1, 0.15) is 5.82 Å². The van der Waals surface area contributed by atoms with E-state index in [9.17, 15) is 18.8 Å². The number of carbonyl (C=O) groups excluding carboxylic acids is 2. The second kappa shape index (κ2) is 10.0. The Labute approximate surface area is 191 Å². The Balaban J connectivity index is 1.27. The van der Waals surface area contributed by atoms with Crippen molar-refractivity contribution in [2.45, 2.75) is 13.0 Å². The summed E-state index contributed by atoms with van der Waals surface area (Å²) in [5, 5.41) is 17.3. The second-order valence-corrected chi connectivity index (χ2v) is 7.89. The van der Waals surface area contributed by atoms with Crippen LogP contribution >= 0.6 is 11.3 Å². The van der Waals surface area contributed by atoms with Crippen LogP contribution in [0.3, 0.4) is 0 Å². The summed E-state index contributed by atoms with van der Waals surface area (Å²) in [7, 11) is 0. The zero-order valence-corrected chi connectivity index (χ0v) is 18.0. The first-order valence-corrected chi connectivity index (χ1v) is 10.9. The minimum atomic E-state index is -0.454. The monoisotopic (exact) mass is 466 g/mol. The highest BCUT2D eigenvalue weighted by Crippen LogP contribution is 2.16. The van der Waals surface area contributed by atoms with Crippen LogP contribution in [0.15, 0.2) is 58.7 Å².